The number of hydroxylamine groups is 4. The molecule has 0 saturated carbocycles. The van der Waals surface area contributed by atoms with Crippen LogP contribution in [0.3, 0.4) is 0 Å². The van der Waals surface area contributed by atoms with Crippen LogP contribution in [0, 0.1) is 16.2 Å². The van der Waals surface area contributed by atoms with Crippen molar-refractivity contribution in [1.82, 2.24) is 10.1 Å². The maximum atomic E-state index is 12.7. The van der Waals surface area contributed by atoms with Gasteiger partial charge in [-0.15, -0.1) is 0 Å². The van der Waals surface area contributed by atoms with Crippen molar-refractivity contribution in [3.8, 4) is 0 Å². The second kappa shape index (κ2) is 6.64. The van der Waals surface area contributed by atoms with E-state index >= 15 is 0 Å². The van der Waals surface area contributed by atoms with Crippen molar-refractivity contribution in [2.24, 2.45) is 0 Å². The minimum Gasteiger partial charge on any atom is -0.784 e. The van der Waals surface area contributed by atoms with Gasteiger partial charge in [-0.2, -0.15) is 0 Å². The van der Waals surface area contributed by atoms with Gasteiger partial charge in [0.1, 0.15) is 5.82 Å². The molecule has 6 nitrogen and oxygen atoms in total. The van der Waals surface area contributed by atoms with Crippen LogP contribution >= 0.6 is 10.8 Å². The predicted octanol–water partition coefficient (Wildman–Crippen LogP) is 1.43. The first-order valence-electron chi connectivity index (χ1n) is 5.19. The second-order valence-corrected chi connectivity index (χ2v) is 7.74. The molecule has 1 rings (SSSR count). The van der Waals surface area contributed by atoms with Crippen molar-refractivity contribution >= 4 is 19.7 Å². The van der Waals surface area contributed by atoms with Gasteiger partial charge in [0.15, 0.2) is 0 Å². The molecular formula is C10H13FN2O4S2-2. The molecule has 0 atom stereocenters. The van der Waals surface area contributed by atoms with Crippen molar-refractivity contribution in [3.05, 3.63) is 40.5 Å². The maximum Gasteiger partial charge on any atom is 0.230 e. The van der Waals surface area contributed by atoms with E-state index in [4.69, 9.17) is 0 Å². The topological polar surface area (TPSA) is 86.7 Å². The molecule has 1 aromatic rings. The van der Waals surface area contributed by atoms with E-state index < -0.39 is 20.9 Å². The number of hydrogen-bond acceptors (Lipinski definition) is 7. The van der Waals surface area contributed by atoms with E-state index in [0.29, 0.717) is 20.9 Å². The van der Waals surface area contributed by atoms with E-state index in [0.717, 1.165) is 38.4 Å². The number of halogens is 1. The van der Waals surface area contributed by atoms with Crippen molar-refractivity contribution in [2.75, 3.05) is 19.8 Å². The molecular weight excluding hydrogens is 295 g/mol. The Morgan fingerprint density at radius 3 is 2.11 bits per heavy atom. The summed E-state index contributed by atoms with van der Waals surface area (Å²) in [6.07, 6.45) is -1.10. The van der Waals surface area contributed by atoms with Crippen LogP contribution in [0.4, 0.5) is 4.39 Å². The summed E-state index contributed by atoms with van der Waals surface area (Å²) in [4.78, 5) is -0.0697. The Hall–Kier alpha value is -0.710. The highest BCUT2D eigenvalue weighted by Crippen LogP contribution is 2.25. The first kappa shape index (κ1) is 16.3. The highest BCUT2D eigenvalue weighted by molar-refractivity contribution is 8.72. The monoisotopic (exact) mass is 308 g/mol. The number of rotatable bonds is 6. The molecule has 0 aliphatic carbocycles. The highest BCUT2D eigenvalue weighted by atomic mass is 33.1. The number of hydrogen-bond donors (Lipinski definition) is 0. The Balaban J connectivity index is 2.78. The third-order valence-electron chi connectivity index (χ3n) is 2.31. The van der Waals surface area contributed by atoms with E-state index in [-0.39, 0.29) is 10.6 Å². The highest BCUT2D eigenvalue weighted by Gasteiger charge is 2.18. The van der Waals surface area contributed by atoms with Crippen LogP contribution in [0.25, 0.3) is 0 Å². The van der Waals surface area contributed by atoms with Gasteiger partial charge in [-0.3, -0.25) is 0 Å². The first-order valence-corrected chi connectivity index (χ1v) is 8.17. The van der Waals surface area contributed by atoms with Crippen molar-refractivity contribution in [3.63, 3.8) is 0 Å². The van der Waals surface area contributed by atoms with Crippen LogP contribution in [0.15, 0.2) is 29.2 Å². The van der Waals surface area contributed by atoms with Crippen molar-refractivity contribution in [2.45, 2.75) is 11.1 Å². The van der Waals surface area contributed by atoms with E-state index in [1.54, 1.807) is 0 Å². The molecule has 0 N–H and O–H groups in total. The quantitative estimate of drug-likeness (QED) is 0.446. The van der Waals surface area contributed by atoms with Crippen LogP contribution < -0.4 is 0 Å². The molecule has 0 bridgehead atoms. The lowest BCUT2D eigenvalue weighted by Gasteiger charge is -2.42. The molecule has 0 unspecified atom stereocenters. The number of nitrogens with zero attached hydrogens (tertiary/aromatic N) is 2. The maximum absolute atomic E-state index is 12.7. The van der Waals surface area contributed by atoms with Crippen molar-refractivity contribution in [1.29, 1.82) is 0 Å². The van der Waals surface area contributed by atoms with Gasteiger partial charge in [0.2, 0.25) is 8.87 Å². The second-order valence-electron chi connectivity index (χ2n) is 3.77. The van der Waals surface area contributed by atoms with Crippen LogP contribution in [0.1, 0.15) is 0 Å². The summed E-state index contributed by atoms with van der Waals surface area (Å²) >= 11 is 0. The van der Waals surface area contributed by atoms with Gasteiger partial charge in [-0.25, -0.2) is 12.8 Å². The molecule has 108 valence electrons. The summed E-state index contributed by atoms with van der Waals surface area (Å²) in [6, 6.07) is 4.33. The zero-order valence-corrected chi connectivity index (χ0v) is 11.9. The molecule has 0 saturated heterocycles. The Kier molecular flexibility index (Phi) is 5.71. The fraction of sp³-hybridized carbons (Fsp3) is 0.400. The largest absolute Gasteiger partial charge is 0.784 e. The lowest BCUT2D eigenvalue weighted by molar-refractivity contribution is 0.194. The van der Waals surface area contributed by atoms with Gasteiger partial charge in [0.05, 0.1) is 4.90 Å². The standard InChI is InChI=1S/C10H13FN2O4S2/c1-12(14)10(13(2)15)7-18-19(16,17)9-5-3-8(11)4-6-9/h3-6,10H,7H2,1-2H3/q-2. The molecule has 0 heterocycles. The Labute approximate surface area is 114 Å². The minimum atomic E-state index is -3.72. The molecule has 0 aliphatic heterocycles. The first-order chi connectivity index (χ1) is 8.74. The zero-order valence-electron chi connectivity index (χ0n) is 10.3. The third-order valence-corrected chi connectivity index (χ3v) is 5.82. The summed E-state index contributed by atoms with van der Waals surface area (Å²) in [5.74, 6) is -0.750. The van der Waals surface area contributed by atoms with Gasteiger partial charge in [0, 0.05) is 11.9 Å². The zero-order chi connectivity index (χ0) is 14.6. The molecule has 0 aliphatic rings. The average Bonchev–Trinajstić information content (AvgIpc) is 2.28. The molecule has 0 amide bonds. The van der Waals surface area contributed by atoms with Gasteiger partial charge in [-0.05, 0) is 49.2 Å². The summed E-state index contributed by atoms with van der Waals surface area (Å²) in [7, 11) is -0.965. The molecule has 0 aromatic heterocycles. The predicted molar refractivity (Wildman–Crippen MR) is 72.1 cm³/mol. The average molecular weight is 308 g/mol. The molecule has 0 fully saturated rings. The van der Waals surface area contributed by atoms with Crippen molar-refractivity contribution < 1.29 is 12.8 Å². The van der Waals surface area contributed by atoms with Gasteiger partial charge >= 0.3 is 0 Å². The summed E-state index contributed by atoms with van der Waals surface area (Å²) < 4.78 is 36.5. The fourth-order valence-corrected chi connectivity index (χ4v) is 4.23. The third kappa shape index (κ3) is 4.71. The lowest BCUT2D eigenvalue weighted by Crippen LogP contribution is -2.40. The molecule has 9 heteroatoms. The smallest absolute Gasteiger partial charge is 0.230 e. The Bertz CT molecular complexity index is 497. The van der Waals surface area contributed by atoms with E-state index in [9.17, 15) is 23.2 Å². The van der Waals surface area contributed by atoms with Crippen LogP contribution in [0.5, 0.6) is 0 Å². The van der Waals surface area contributed by atoms with E-state index in [1.165, 1.54) is 0 Å². The minimum absolute atomic E-state index is 0.0697. The Morgan fingerprint density at radius 1 is 1.21 bits per heavy atom. The SMILES string of the molecule is CN([O-])C(CSS(=O)(=O)c1ccc(F)cc1)N(C)[O-]. The summed E-state index contributed by atoms with van der Waals surface area (Å²) in [5, 5.41) is 23.0. The molecule has 1 aromatic carbocycles. The van der Waals surface area contributed by atoms with Gasteiger partial charge in [0.25, 0.3) is 0 Å². The van der Waals surface area contributed by atoms with Crippen LogP contribution in [-0.2, 0) is 8.87 Å². The summed E-state index contributed by atoms with van der Waals surface area (Å²) in [5.41, 5.74) is 0. The Morgan fingerprint density at radius 2 is 1.68 bits per heavy atom. The number of benzene rings is 1. The van der Waals surface area contributed by atoms with Gasteiger partial charge in [-0.1, -0.05) is 0 Å². The van der Waals surface area contributed by atoms with E-state index in [2.05, 4.69) is 0 Å². The molecule has 0 spiro atoms. The van der Waals surface area contributed by atoms with Crippen LogP contribution in [-0.4, -0.2) is 44.6 Å². The molecule has 19 heavy (non-hydrogen) atoms. The van der Waals surface area contributed by atoms with Gasteiger partial charge < -0.3 is 20.5 Å². The summed E-state index contributed by atoms with van der Waals surface area (Å²) in [6.45, 7) is 0. The normalized spacial score (nSPS) is 12.6. The van der Waals surface area contributed by atoms with Crippen LogP contribution in [0.2, 0.25) is 0 Å². The fourth-order valence-electron chi connectivity index (χ4n) is 1.26. The van der Waals surface area contributed by atoms with E-state index in [1.807, 2.05) is 0 Å². The molecule has 0 radical (unpaired) electrons. The lowest BCUT2D eigenvalue weighted by atomic mass is 10.4.